The van der Waals surface area contributed by atoms with Gasteiger partial charge in [0.1, 0.15) is 5.15 Å². The summed E-state index contributed by atoms with van der Waals surface area (Å²) in [6.45, 7) is 0.687. The molecule has 0 saturated heterocycles. The van der Waals surface area contributed by atoms with Crippen molar-refractivity contribution in [2.75, 3.05) is 5.32 Å². The summed E-state index contributed by atoms with van der Waals surface area (Å²) in [6, 6.07) is 2.95. The molecule has 0 aliphatic heterocycles. The Morgan fingerprint density at radius 3 is 2.73 bits per heavy atom. The number of pyridine rings is 1. The molecule has 0 aromatic carbocycles. The van der Waals surface area contributed by atoms with Crippen LogP contribution in [0.2, 0.25) is 5.15 Å². The maximum absolute atomic E-state index is 12.4. The van der Waals surface area contributed by atoms with Crippen LogP contribution in [-0.2, 0) is 4.79 Å². The fourth-order valence-corrected chi connectivity index (χ4v) is 1.05. The highest BCUT2D eigenvalue weighted by Crippen LogP contribution is 2.18. The van der Waals surface area contributed by atoms with Gasteiger partial charge in [0.05, 0.1) is 18.3 Å². The maximum Gasteiger partial charge on any atom is 0.254 e. The summed E-state index contributed by atoms with van der Waals surface area (Å²) in [7, 11) is 0. The van der Waals surface area contributed by atoms with Crippen molar-refractivity contribution >= 4 is 23.2 Å². The van der Waals surface area contributed by atoms with Crippen LogP contribution in [0, 0.1) is 0 Å². The first-order valence-electron chi connectivity index (χ1n) is 4.16. The first-order valence-corrected chi connectivity index (χ1v) is 4.54. The van der Waals surface area contributed by atoms with Gasteiger partial charge in [0.15, 0.2) is 0 Å². The van der Waals surface area contributed by atoms with Crippen molar-refractivity contribution in [1.29, 1.82) is 0 Å². The monoisotopic (exact) mass is 234 g/mol. The molecule has 1 heterocycles. The lowest BCUT2D eigenvalue weighted by Crippen LogP contribution is -2.22. The molecule has 0 saturated carbocycles. The summed E-state index contributed by atoms with van der Waals surface area (Å²) >= 11 is 5.51. The number of halogens is 3. The molecule has 0 radical (unpaired) electrons. The van der Waals surface area contributed by atoms with Gasteiger partial charge >= 0.3 is 0 Å². The summed E-state index contributed by atoms with van der Waals surface area (Å²) in [5.41, 5.74) is 0.341. The van der Waals surface area contributed by atoms with Gasteiger partial charge < -0.3 is 5.32 Å². The molecule has 1 aromatic heterocycles. The standard InChI is InChI=1S/C9H9ClF2N2O/c1-9(11,12)4-8(15)14-6-2-3-7(10)13-5-6/h2-3,5H,4H2,1H3,(H,14,15). The number of hydrogen-bond acceptors (Lipinski definition) is 2. The molecule has 3 nitrogen and oxygen atoms in total. The Kier molecular flexibility index (Phi) is 3.57. The Hall–Kier alpha value is -1.23. The van der Waals surface area contributed by atoms with Gasteiger partial charge in [-0.15, -0.1) is 0 Å². The molecule has 82 valence electrons. The van der Waals surface area contributed by atoms with Crippen LogP contribution in [0.25, 0.3) is 0 Å². The number of alkyl halides is 2. The molecule has 6 heteroatoms. The lowest BCUT2D eigenvalue weighted by molar-refractivity contribution is -0.122. The van der Waals surface area contributed by atoms with Crippen molar-refractivity contribution in [1.82, 2.24) is 4.98 Å². The van der Waals surface area contributed by atoms with Crippen molar-refractivity contribution in [3.8, 4) is 0 Å². The molecule has 1 aromatic rings. The Bertz CT molecular complexity index is 348. The molecular formula is C9H9ClF2N2O. The minimum Gasteiger partial charge on any atom is -0.325 e. The van der Waals surface area contributed by atoms with E-state index in [4.69, 9.17) is 11.6 Å². The maximum atomic E-state index is 12.4. The number of carbonyl (C=O) groups excluding carboxylic acids is 1. The van der Waals surface area contributed by atoms with E-state index in [2.05, 4.69) is 10.3 Å². The van der Waals surface area contributed by atoms with E-state index in [9.17, 15) is 13.6 Å². The highest BCUT2D eigenvalue weighted by Gasteiger charge is 2.25. The fraction of sp³-hybridized carbons (Fsp3) is 0.333. The molecule has 0 aliphatic rings. The summed E-state index contributed by atoms with van der Waals surface area (Å²) in [4.78, 5) is 14.8. The Morgan fingerprint density at radius 1 is 1.60 bits per heavy atom. The number of rotatable bonds is 3. The summed E-state index contributed by atoms with van der Waals surface area (Å²) < 4.78 is 24.9. The van der Waals surface area contributed by atoms with E-state index in [-0.39, 0.29) is 5.15 Å². The molecule has 0 bridgehead atoms. The van der Waals surface area contributed by atoms with Gasteiger partial charge in [-0.3, -0.25) is 4.79 Å². The normalized spacial score (nSPS) is 11.2. The number of hydrogen-bond donors (Lipinski definition) is 1. The summed E-state index contributed by atoms with van der Waals surface area (Å²) in [5.74, 6) is -3.77. The molecular weight excluding hydrogens is 226 g/mol. The van der Waals surface area contributed by atoms with E-state index >= 15 is 0 Å². The highest BCUT2D eigenvalue weighted by molar-refractivity contribution is 6.29. The number of nitrogens with one attached hydrogen (secondary N) is 1. The molecule has 1 N–H and O–H groups in total. The number of aromatic nitrogens is 1. The summed E-state index contributed by atoms with van der Waals surface area (Å²) in [6.07, 6.45) is 0.448. The minimum absolute atomic E-state index is 0.272. The van der Waals surface area contributed by atoms with Crippen LogP contribution in [0.15, 0.2) is 18.3 Å². The van der Waals surface area contributed by atoms with E-state index < -0.39 is 18.3 Å². The number of amides is 1. The van der Waals surface area contributed by atoms with Gasteiger partial charge in [0, 0.05) is 0 Å². The van der Waals surface area contributed by atoms with Crippen LogP contribution in [0.4, 0.5) is 14.5 Å². The molecule has 0 spiro atoms. The molecule has 15 heavy (non-hydrogen) atoms. The zero-order chi connectivity index (χ0) is 11.5. The second-order valence-corrected chi connectivity index (χ2v) is 3.55. The second-order valence-electron chi connectivity index (χ2n) is 3.16. The Balaban J connectivity index is 2.55. The third-order valence-electron chi connectivity index (χ3n) is 1.48. The quantitative estimate of drug-likeness (QED) is 0.817. The van der Waals surface area contributed by atoms with Crippen molar-refractivity contribution < 1.29 is 13.6 Å². The fourth-order valence-electron chi connectivity index (χ4n) is 0.937. The first-order chi connectivity index (χ1) is 6.87. The van der Waals surface area contributed by atoms with Crippen LogP contribution in [0.1, 0.15) is 13.3 Å². The van der Waals surface area contributed by atoms with Crippen molar-refractivity contribution in [3.63, 3.8) is 0 Å². The largest absolute Gasteiger partial charge is 0.325 e. The van der Waals surface area contributed by atoms with Gasteiger partial charge in [0.2, 0.25) is 5.91 Å². The molecule has 1 rings (SSSR count). The van der Waals surface area contributed by atoms with E-state index in [0.717, 1.165) is 0 Å². The molecule has 0 unspecified atom stereocenters. The van der Waals surface area contributed by atoms with Crippen molar-refractivity contribution in [2.45, 2.75) is 19.3 Å². The van der Waals surface area contributed by atoms with Gasteiger partial charge in [-0.05, 0) is 19.1 Å². The Labute approximate surface area is 90.5 Å². The Morgan fingerprint density at radius 2 is 2.27 bits per heavy atom. The van der Waals surface area contributed by atoms with Gasteiger partial charge in [-0.1, -0.05) is 11.6 Å². The predicted octanol–water partition coefficient (Wildman–Crippen LogP) is 2.72. The number of carbonyl (C=O) groups is 1. The van der Waals surface area contributed by atoms with Crippen molar-refractivity contribution in [2.24, 2.45) is 0 Å². The SMILES string of the molecule is CC(F)(F)CC(=O)Nc1ccc(Cl)nc1. The summed E-state index contributed by atoms with van der Waals surface area (Å²) in [5, 5.41) is 2.56. The van der Waals surface area contributed by atoms with Crippen LogP contribution in [-0.4, -0.2) is 16.8 Å². The van der Waals surface area contributed by atoms with Crippen LogP contribution < -0.4 is 5.32 Å². The second kappa shape index (κ2) is 4.53. The average Bonchev–Trinajstić information content (AvgIpc) is 2.05. The predicted molar refractivity (Wildman–Crippen MR) is 53.1 cm³/mol. The molecule has 0 fully saturated rings. The van der Waals surface area contributed by atoms with Gasteiger partial charge in [0.25, 0.3) is 5.92 Å². The molecule has 0 aliphatic carbocycles. The van der Waals surface area contributed by atoms with Gasteiger partial charge in [-0.25, -0.2) is 13.8 Å². The van der Waals surface area contributed by atoms with Crippen LogP contribution in [0.3, 0.4) is 0 Å². The lowest BCUT2D eigenvalue weighted by Gasteiger charge is -2.09. The average molecular weight is 235 g/mol. The number of anilines is 1. The van der Waals surface area contributed by atoms with E-state index in [1.54, 1.807) is 0 Å². The van der Waals surface area contributed by atoms with Crippen molar-refractivity contribution in [3.05, 3.63) is 23.5 Å². The minimum atomic E-state index is -3.01. The zero-order valence-corrected chi connectivity index (χ0v) is 8.68. The lowest BCUT2D eigenvalue weighted by atomic mass is 10.2. The van der Waals surface area contributed by atoms with E-state index in [1.807, 2.05) is 0 Å². The number of nitrogens with zero attached hydrogens (tertiary/aromatic N) is 1. The van der Waals surface area contributed by atoms with E-state index in [1.165, 1.54) is 18.3 Å². The molecule has 0 atom stereocenters. The smallest absolute Gasteiger partial charge is 0.254 e. The topological polar surface area (TPSA) is 42.0 Å². The van der Waals surface area contributed by atoms with E-state index in [0.29, 0.717) is 12.6 Å². The molecule has 1 amide bonds. The van der Waals surface area contributed by atoms with Gasteiger partial charge in [-0.2, -0.15) is 0 Å². The third-order valence-corrected chi connectivity index (χ3v) is 1.71. The third kappa shape index (κ3) is 4.69. The first kappa shape index (κ1) is 11.8. The zero-order valence-electron chi connectivity index (χ0n) is 7.93. The highest BCUT2D eigenvalue weighted by atomic mass is 35.5. The van der Waals surface area contributed by atoms with Crippen LogP contribution >= 0.6 is 11.6 Å². The van der Waals surface area contributed by atoms with Crippen LogP contribution in [0.5, 0.6) is 0 Å².